The van der Waals surface area contributed by atoms with Gasteiger partial charge in [0.05, 0.1) is 21.3 Å². The zero-order valence-corrected chi connectivity index (χ0v) is 13.2. The summed E-state index contributed by atoms with van der Waals surface area (Å²) in [4.78, 5) is 12.5. The molecule has 23 heavy (non-hydrogen) atoms. The summed E-state index contributed by atoms with van der Waals surface area (Å²) in [6.07, 6.45) is 3.12. The predicted molar refractivity (Wildman–Crippen MR) is 87.6 cm³/mol. The molecule has 0 fully saturated rings. The smallest absolute Gasteiger partial charge is 0.193 e. The molecule has 0 bridgehead atoms. The number of methoxy groups -OCH3 is 3. The van der Waals surface area contributed by atoms with Crippen molar-refractivity contribution in [3.8, 4) is 23.0 Å². The molecular formula is C18H18O5. The van der Waals surface area contributed by atoms with E-state index in [2.05, 4.69) is 0 Å². The van der Waals surface area contributed by atoms with Crippen molar-refractivity contribution in [3.63, 3.8) is 0 Å². The first-order valence-electron chi connectivity index (χ1n) is 6.90. The van der Waals surface area contributed by atoms with Gasteiger partial charge in [0.25, 0.3) is 0 Å². The summed E-state index contributed by atoms with van der Waals surface area (Å²) in [6.45, 7) is 0. The van der Waals surface area contributed by atoms with Crippen LogP contribution in [0.2, 0.25) is 0 Å². The highest BCUT2D eigenvalue weighted by Gasteiger charge is 2.17. The SMILES string of the molecule is COc1ccc(C=CC(=O)c2c(OC)cc(O)cc2OC)cc1. The number of rotatable bonds is 6. The van der Waals surface area contributed by atoms with Crippen LogP contribution in [-0.2, 0) is 0 Å². The van der Waals surface area contributed by atoms with E-state index in [1.807, 2.05) is 24.3 Å². The van der Waals surface area contributed by atoms with Crippen molar-refractivity contribution in [1.29, 1.82) is 0 Å². The maximum atomic E-state index is 12.5. The number of ether oxygens (including phenoxy) is 3. The second-order valence-electron chi connectivity index (χ2n) is 4.70. The summed E-state index contributed by atoms with van der Waals surface area (Å²) >= 11 is 0. The van der Waals surface area contributed by atoms with Gasteiger partial charge in [-0.2, -0.15) is 0 Å². The molecule has 0 aliphatic carbocycles. The molecule has 1 N–H and O–H groups in total. The van der Waals surface area contributed by atoms with Crippen molar-refractivity contribution in [2.75, 3.05) is 21.3 Å². The number of carbonyl (C=O) groups is 1. The molecule has 0 aromatic heterocycles. The summed E-state index contributed by atoms with van der Waals surface area (Å²) < 4.78 is 15.4. The number of hydrogen-bond donors (Lipinski definition) is 1. The van der Waals surface area contributed by atoms with Gasteiger partial charge >= 0.3 is 0 Å². The van der Waals surface area contributed by atoms with E-state index >= 15 is 0 Å². The Morgan fingerprint density at radius 3 is 2.00 bits per heavy atom. The predicted octanol–water partition coefficient (Wildman–Crippen LogP) is 3.31. The van der Waals surface area contributed by atoms with Crippen LogP contribution in [0.25, 0.3) is 6.08 Å². The van der Waals surface area contributed by atoms with Gasteiger partial charge in [0.15, 0.2) is 5.78 Å². The van der Waals surface area contributed by atoms with E-state index in [0.29, 0.717) is 0 Å². The number of aromatic hydroxyl groups is 1. The van der Waals surface area contributed by atoms with E-state index in [1.165, 1.54) is 32.4 Å². The normalized spacial score (nSPS) is 10.6. The van der Waals surface area contributed by atoms with Gasteiger partial charge in [0.2, 0.25) is 0 Å². The van der Waals surface area contributed by atoms with Crippen LogP contribution in [0.15, 0.2) is 42.5 Å². The molecule has 0 saturated heterocycles. The molecule has 5 heteroatoms. The molecule has 120 valence electrons. The molecule has 5 nitrogen and oxygen atoms in total. The molecular weight excluding hydrogens is 296 g/mol. The summed E-state index contributed by atoms with van der Waals surface area (Å²) in [5.74, 6) is 0.941. The molecule has 2 aromatic rings. The zero-order chi connectivity index (χ0) is 16.8. The third kappa shape index (κ3) is 3.83. The Balaban J connectivity index is 2.30. The highest BCUT2D eigenvalue weighted by atomic mass is 16.5. The largest absolute Gasteiger partial charge is 0.508 e. The van der Waals surface area contributed by atoms with Gasteiger partial charge in [-0.3, -0.25) is 4.79 Å². The average molecular weight is 314 g/mol. The van der Waals surface area contributed by atoms with Gasteiger partial charge in [-0.15, -0.1) is 0 Å². The number of hydrogen-bond acceptors (Lipinski definition) is 5. The third-order valence-corrected chi connectivity index (χ3v) is 3.28. The van der Waals surface area contributed by atoms with Crippen LogP contribution >= 0.6 is 0 Å². The summed E-state index contributed by atoms with van der Waals surface area (Å²) in [5.41, 5.74) is 1.12. The molecule has 0 aliphatic heterocycles. The maximum absolute atomic E-state index is 12.5. The molecule has 0 saturated carbocycles. The van der Waals surface area contributed by atoms with Crippen LogP contribution in [-0.4, -0.2) is 32.2 Å². The van der Waals surface area contributed by atoms with E-state index in [1.54, 1.807) is 13.2 Å². The van der Waals surface area contributed by atoms with Crippen molar-refractivity contribution >= 4 is 11.9 Å². The number of benzene rings is 2. The molecule has 0 atom stereocenters. The summed E-state index contributed by atoms with van der Waals surface area (Å²) in [6, 6.07) is 10.0. The fourth-order valence-corrected chi connectivity index (χ4v) is 2.11. The fraction of sp³-hybridized carbons (Fsp3) is 0.167. The molecule has 0 amide bonds. The Bertz CT molecular complexity index is 692. The average Bonchev–Trinajstić information content (AvgIpc) is 2.59. The number of ketones is 1. The van der Waals surface area contributed by atoms with Crippen molar-refractivity contribution in [2.45, 2.75) is 0 Å². The second kappa shape index (κ2) is 7.35. The molecule has 0 heterocycles. The van der Waals surface area contributed by atoms with Gasteiger partial charge in [0.1, 0.15) is 28.6 Å². The third-order valence-electron chi connectivity index (χ3n) is 3.28. The Kier molecular flexibility index (Phi) is 5.25. The highest BCUT2D eigenvalue weighted by Crippen LogP contribution is 2.34. The van der Waals surface area contributed by atoms with Crippen molar-refractivity contribution in [3.05, 3.63) is 53.6 Å². The molecule has 0 radical (unpaired) electrons. The fourth-order valence-electron chi connectivity index (χ4n) is 2.11. The highest BCUT2D eigenvalue weighted by molar-refractivity contribution is 6.10. The van der Waals surface area contributed by atoms with E-state index in [4.69, 9.17) is 14.2 Å². The first-order valence-corrected chi connectivity index (χ1v) is 6.90. The van der Waals surface area contributed by atoms with Gasteiger partial charge in [-0.05, 0) is 23.8 Å². The number of carbonyl (C=O) groups excluding carboxylic acids is 1. The Morgan fingerprint density at radius 1 is 0.957 bits per heavy atom. The minimum atomic E-state index is -0.283. The van der Waals surface area contributed by atoms with Crippen molar-refractivity contribution in [2.24, 2.45) is 0 Å². The Hall–Kier alpha value is -2.95. The van der Waals surface area contributed by atoms with Crippen LogP contribution in [0.5, 0.6) is 23.0 Å². The minimum absolute atomic E-state index is 0.0330. The molecule has 2 aromatic carbocycles. The topological polar surface area (TPSA) is 65.0 Å². The number of phenolic OH excluding ortho intramolecular Hbond substituents is 1. The Labute approximate surface area is 134 Å². The van der Waals surface area contributed by atoms with Crippen LogP contribution in [0, 0.1) is 0 Å². The summed E-state index contributed by atoms with van der Waals surface area (Å²) in [7, 11) is 4.45. The number of phenols is 1. The van der Waals surface area contributed by atoms with E-state index in [-0.39, 0.29) is 28.6 Å². The van der Waals surface area contributed by atoms with Crippen LogP contribution in [0.1, 0.15) is 15.9 Å². The number of allylic oxidation sites excluding steroid dienone is 1. The van der Waals surface area contributed by atoms with Gasteiger partial charge in [0, 0.05) is 12.1 Å². The van der Waals surface area contributed by atoms with E-state index in [9.17, 15) is 9.90 Å². The first kappa shape index (κ1) is 16.4. The van der Waals surface area contributed by atoms with Crippen LogP contribution < -0.4 is 14.2 Å². The maximum Gasteiger partial charge on any atom is 0.193 e. The Morgan fingerprint density at radius 2 is 1.52 bits per heavy atom. The van der Waals surface area contributed by atoms with Gasteiger partial charge in [-0.1, -0.05) is 18.2 Å². The lowest BCUT2D eigenvalue weighted by Gasteiger charge is -2.11. The van der Waals surface area contributed by atoms with Gasteiger partial charge < -0.3 is 19.3 Å². The van der Waals surface area contributed by atoms with E-state index < -0.39 is 0 Å². The van der Waals surface area contributed by atoms with Crippen LogP contribution in [0.3, 0.4) is 0 Å². The molecule has 0 spiro atoms. The lowest BCUT2D eigenvalue weighted by Crippen LogP contribution is -2.02. The lowest BCUT2D eigenvalue weighted by atomic mass is 10.1. The zero-order valence-electron chi connectivity index (χ0n) is 13.2. The minimum Gasteiger partial charge on any atom is -0.508 e. The first-order chi connectivity index (χ1) is 11.1. The summed E-state index contributed by atoms with van der Waals surface area (Å²) in [5, 5.41) is 9.62. The second-order valence-corrected chi connectivity index (χ2v) is 4.70. The van der Waals surface area contributed by atoms with Crippen LogP contribution in [0.4, 0.5) is 0 Å². The standard InChI is InChI=1S/C18H18O5/c1-21-14-7-4-12(5-8-14)6-9-15(20)18-16(22-2)10-13(19)11-17(18)23-3/h4-11,19H,1-3H3. The van der Waals surface area contributed by atoms with E-state index in [0.717, 1.165) is 11.3 Å². The quantitative estimate of drug-likeness (QED) is 0.654. The molecule has 0 aliphatic rings. The van der Waals surface area contributed by atoms with Gasteiger partial charge in [-0.25, -0.2) is 0 Å². The monoisotopic (exact) mass is 314 g/mol. The lowest BCUT2D eigenvalue weighted by molar-refractivity contribution is 0.104. The van der Waals surface area contributed by atoms with Crippen molar-refractivity contribution < 1.29 is 24.1 Å². The molecule has 2 rings (SSSR count). The van der Waals surface area contributed by atoms with Crippen molar-refractivity contribution in [1.82, 2.24) is 0 Å². The molecule has 0 unspecified atom stereocenters.